The number of hydrogen-bond acceptors (Lipinski definition) is 5. The Balaban J connectivity index is 1.41. The maximum atomic E-state index is 12.9. The summed E-state index contributed by atoms with van der Waals surface area (Å²) in [5.74, 6) is -1.01. The van der Waals surface area contributed by atoms with Crippen LogP contribution in [0.4, 0.5) is 16.2 Å². The molecule has 2 heterocycles. The van der Waals surface area contributed by atoms with E-state index in [2.05, 4.69) is 5.32 Å². The number of urea groups is 1. The molecule has 9 nitrogen and oxygen atoms in total. The highest BCUT2D eigenvalue weighted by molar-refractivity contribution is 7.89. The summed E-state index contributed by atoms with van der Waals surface area (Å²) in [7, 11) is -3.54. The van der Waals surface area contributed by atoms with Gasteiger partial charge in [0.1, 0.15) is 12.6 Å². The van der Waals surface area contributed by atoms with Gasteiger partial charge in [-0.3, -0.25) is 19.4 Å². The summed E-state index contributed by atoms with van der Waals surface area (Å²) in [5.41, 5.74) is 1.99. The number of amides is 4. The van der Waals surface area contributed by atoms with E-state index in [1.807, 2.05) is 19.1 Å². The molecule has 2 fully saturated rings. The van der Waals surface area contributed by atoms with E-state index < -0.39 is 40.5 Å². The fourth-order valence-corrected chi connectivity index (χ4v) is 5.56. The first-order chi connectivity index (χ1) is 15.7. The second-order valence-corrected chi connectivity index (χ2v) is 10.2. The predicted molar refractivity (Wildman–Crippen MR) is 123 cm³/mol. The third-order valence-corrected chi connectivity index (χ3v) is 7.82. The molecule has 1 atom stereocenters. The van der Waals surface area contributed by atoms with Crippen LogP contribution in [0.1, 0.15) is 25.3 Å². The molecular weight excluding hydrogens is 444 g/mol. The predicted octanol–water partition coefficient (Wildman–Crippen LogP) is 2.58. The Morgan fingerprint density at radius 1 is 1.00 bits per heavy atom. The fraction of sp³-hybridized carbons (Fsp3) is 0.348. The van der Waals surface area contributed by atoms with Gasteiger partial charge in [-0.1, -0.05) is 17.7 Å². The number of hydrogen-bond donors (Lipinski definition) is 1. The number of nitrogens with zero attached hydrogens (tertiary/aromatic N) is 3. The van der Waals surface area contributed by atoms with Gasteiger partial charge in [-0.15, -0.1) is 0 Å². The Bertz CT molecular complexity index is 1170. The number of benzene rings is 2. The lowest BCUT2D eigenvalue weighted by atomic mass is 10.2. The molecule has 0 aliphatic carbocycles. The van der Waals surface area contributed by atoms with Gasteiger partial charge >= 0.3 is 6.03 Å². The Morgan fingerprint density at radius 3 is 2.21 bits per heavy atom. The molecule has 4 amide bonds. The van der Waals surface area contributed by atoms with E-state index in [1.165, 1.54) is 33.5 Å². The summed E-state index contributed by atoms with van der Waals surface area (Å²) >= 11 is 0. The van der Waals surface area contributed by atoms with Crippen LogP contribution in [0.5, 0.6) is 0 Å². The van der Waals surface area contributed by atoms with Crippen molar-refractivity contribution in [2.24, 2.45) is 0 Å². The highest BCUT2D eigenvalue weighted by Gasteiger charge is 2.44. The van der Waals surface area contributed by atoms with E-state index >= 15 is 0 Å². The molecule has 174 valence electrons. The van der Waals surface area contributed by atoms with Crippen LogP contribution in [-0.4, -0.2) is 61.1 Å². The van der Waals surface area contributed by atoms with Crippen LogP contribution in [0, 0.1) is 6.92 Å². The molecule has 2 aromatic carbocycles. The molecule has 10 heteroatoms. The van der Waals surface area contributed by atoms with Crippen molar-refractivity contribution in [1.29, 1.82) is 0 Å². The zero-order valence-corrected chi connectivity index (χ0v) is 19.3. The molecule has 0 spiro atoms. The fourth-order valence-electron chi connectivity index (χ4n) is 4.04. The van der Waals surface area contributed by atoms with Crippen LogP contribution in [0.15, 0.2) is 53.4 Å². The summed E-state index contributed by atoms with van der Waals surface area (Å²) in [5, 5.41) is 2.62. The molecule has 0 saturated carbocycles. The molecule has 1 N–H and O–H groups in total. The van der Waals surface area contributed by atoms with Gasteiger partial charge in [0.05, 0.1) is 4.90 Å². The summed E-state index contributed by atoms with van der Waals surface area (Å²) in [6.45, 7) is 4.14. The van der Waals surface area contributed by atoms with Gasteiger partial charge < -0.3 is 5.32 Å². The number of sulfonamides is 1. The SMILES string of the molecule is Cc1ccc(N2C(=O)N(CC(=O)Nc3ccc(S(=O)(=O)N4CCCC4)cc3)C(=O)[C@@H]2C)cc1. The first kappa shape index (κ1) is 22.9. The molecule has 0 aromatic heterocycles. The third-order valence-electron chi connectivity index (χ3n) is 5.90. The maximum absolute atomic E-state index is 12.9. The zero-order valence-electron chi connectivity index (χ0n) is 18.5. The molecule has 2 saturated heterocycles. The van der Waals surface area contributed by atoms with E-state index in [0.717, 1.165) is 23.3 Å². The van der Waals surface area contributed by atoms with Crippen molar-refractivity contribution in [1.82, 2.24) is 9.21 Å². The van der Waals surface area contributed by atoms with E-state index in [-0.39, 0.29) is 4.90 Å². The molecule has 0 unspecified atom stereocenters. The molecule has 0 radical (unpaired) electrons. The Labute approximate surface area is 193 Å². The molecule has 0 bridgehead atoms. The van der Waals surface area contributed by atoms with E-state index in [0.29, 0.717) is 24.5 Å². The quantitative estimate of drug-likeness (QED) is 0.653. The van der Waals surface area contributed by atoms with Crippen molar-refractivity contribution < 1.29 is 22.8 Å². The summed E-state index contributed by atoms with van der Waals surface area (Å²) < 4.78 is 26.7. The smallest absolute Gasteiger partial charge is 0.325 e. The van der Waals surface area contributed by atoms with Gasteiger partial charge in [-0.05, 0) is 63.1 Å². The van der Waals surface area contributed by atoms with E-state index in [1.54, 1.807) is 19.1 Å². The van der Waals surface area contributed by atoms with Gasteiger partial charge in [-0.25, -0.2) is 13.2 Å². The lowest BCUT2D eigenvalue weighted by Crippen LogP contribution is -2.39. The third kappa shape index (κ3) is 4.49. The van der Waals surface area contributed by atoms with Crippen LogP contribution < -0.4 is 10.2 Å². The van der Waals surface area contributed by atoms with Crippen molar-refractivity contribution in [2.45, 2.75) is 37.6 Å². The number of imide groups is 1. The van der Waals surface area contributed by atoms with Crippen LogP contribution in [0.2, 0.25) is 0 Å². The van der Waals surface area contributed by atoms with Crippen molar-refractivity contribution in [3.8, 4) is 0 Å². The van der Waals surface area contributed by atoms with Crippen molar-refractivity contribution in [2.75, 3.05) is 29.9 Å². The maximum Gasteiger partial charge on any atom is 0.332 e. The monoisotopic (exact) mass is 470 g/mol. The van der Waals surface area contributed by atoms with Gasteiger partial charge in [0.2, 0.25) is 15.9 Å². The minimum absolute atomic E-state index is 0.162. The lowest BCUT2D eigenvalue weighted by Gasteiger charge is -2.19. The number of rotatable bonds is 6. The second-order valence-electron chi connectivity index (χ2n) is 8.27. The van der Waals surface area contributed by atoms with Gasteiger partial charge in [-0.2, -0.15) is 4.31 Å². The van der Waals surface area contributed by atoms with E-state index in [4.69, 9.17) is 0 Å². The van der Waals surface area contributed by atoms with Gasteiger partial charge in [0, 0.05) is 24.5 Å². The average Bonchev–Trinajstić information content (AvgIpc) is 3.40. The Hall–Kier alpha value is -3.24. The Kier molecular flexibility index (Phi) is 6.22. The molecule has 2 aliphatic heterocycles. The number of carbonyl (C=O) groups is 3. The highest BCUT2D eigenvalue weighted by atomic mass is 32.2. The van der Waals surface area contributed by atoms with Crippen LogP contribution >= 0.6 is 0 Å². The van der Waals surface area contributed by atoms with Gasteiger partial charge in [0.25, 0.3) is 5.91 Å². The normalized spacial score (nSPS) is 19.4. The second kappa shape index (κ2) is 8.95. The summed E-state index contributed by atoms with van der Waals surface area (Å²) in [6.07, 6.45) is 1.70. The number of anilines is 2. The largest absolute Gasteiger partial charge is 0.332 e. The topological polar surface area (TPSA) is 107 Å². The molecule has 4 rings (SSSR count). The first-order valence-corrected chi connectivity index (χ1v) is 12.2. The molecular formula is C23H26N4O5S. The number of carbonyl (C=O) groups excluding carboxylic acids is 3. The van der Waals surface area contributed by atoms with Crippen molar-refractivity contribution in [3.05, 3.63) is 54.1 Å². The first-order valence-electron chi connectivity index (χ1n) is 10.8. The number of nitrogens with one attached hydrogen (secondary N) is 1. The summed E-state index contributed by atoms with van der Waals surface area (Å²) in [6, 6.07) is 11.8. The summed E-state index contributed by atoms with van der Waals surface area (Å²) in [4.78, 5) is 40.5. The molecule has 2 aromatic rings. The van der Waals surface area contributed by atoms with E-state index in [9.17, 15) is 22.8 Å². The minimum atomic E-state index is -3.54. The average molecular weight is 471 g/mol. The van der Waals surface area contributed by atoms with Crippen molar-refractivity contribution in [3.63, 3.8) is 0 Å². The van der Waals surface area contributed by atoms with Crippen LogP contribution in [0.25, 0.3) is 0 Å². The van der Waals surface area contributed by atoms with Gasteiger partial charge in [0.15, 0.2) is 0 Å². The zero-order chi connectivity index (χ0) is 23.8. The highest BCUT2D eigenvalue weighted by Crippen LogP contribution is 2.26. The standard InChI is InChI=1S/C23H26N4O5S/c1-16-5-9-19(10-6-16)27-17(2)22(29)26(23(27)30)15-21(28)24-18-7-11-20(12-8-18)33(31,32)25-13-3-4-14-25/h5-12,17H,3-4,13-15H2,1-2H3,(H,24,28)/t17-/m0/s1. The molecule has 2 aliphatic rings. The molecule has 33 heavy (non-hydrogen) atoms. The van der Waals surface area contributed by atoms with Crippen molar-refractivity contribution >= 4 is 39.2 Å². The van der Waals surface area contributed by atoms with Crippen LogP contribution in [-0.2, 0) is 19.6 Å². The minimum Gasteiger partial charge on any atom is -0.325 e. The number of aryl methyl sites for hydroxylation is 1. The van der Waals surface area contributed by atoms with Crippen LogP contribution in [0.3, 0.4) is 0 Å². The lowest BCUT2D eigenvalue weighted by molar-refractivity contribution is -0.130. The Morgan fingerprint density at radius 2 is 1.61 bits per heavy atom.